The summed E-state index contributed by atoms with van der Waals surface area (Å²) in [5.41, 5.74) is 28.2. The number of carbonyl (C=O) groups excluding carboxylic acids is 1. The third-order valence-corrected chi connectivity index (χ3v) is 7.95. The molecule has 38 heavy (non-hydrogen) atoms. The molecule has 222 valence electrons. The van der Waals surface area contributed by atoms with Crippen LogP contribution in [0.4, 0.5) is 0 Å². The van der Waals surface area contributed by atoms with Gasteiger partial charge in [-0.15, -0.1) is 0 Å². The van der Waals surface area contributed by atoms with Crippen LogP contribution in [0, 0.1) is 5.92 Å². The largest absolute Gasteiger partial charge is 0.388 e. The monoisotopic (exact) mass is 550 g/mol. The van der Waals surface area contributed by atoms with Crippen molar-refractivity contribution >= 4 is 5.91 Å². The molecule has 1 saturated carbocycles. The molecular weight excluding hydrogens is 504 g/mol. The zero-order valence-electron chi connectivity index (χ0n) is 22.0. The molecule has 0 aromatic carbocycles. The number of aliphatic hydroxyl groups is 4. The van der Waals surface area contributed by atoms with Gasteiger partial charge in [-0.05, 0) is 26.2 Å². The Morgan fingerprint density at radius 2 is 1.76 bits per heavy atom. The highest BCUT2D eigenvalue weighted by Crippen LogP contribution is 2.34. The number of ether oxygens (including phenoxy) is 4. The molecule has 0 aromatic heterocycles. The predicted octanol–water partition coefficient (Wildman–Crippen LogP) is -5.12. The van der Waals surface area contributed by atoms with Crippen LogP contribution in [0.25, 0.3) is 0 Å². The van der Waals surface area contributed by atoms with Gasteiger partial charge in [-0.2, -0.15) is 0 Å². The number of aliphatic hydroxyl groups excluding tert-OH is 3. The van der Waals surface area contributed by atoms with Crippen LogP contribution in [0.3, 0.4) is 0 Å². The Kier molecular flexibility index (Phi) is 10.8. The van der Waals surface area contributed by atoms with Gasteiger partial charge in [-0.1, -0.05) is 6.92 Å². The molecule has 15 heteroatoms. The first kappa shape index (κ1) is 31.5. The summed E-state index contributed by atoms with van der Waals surface area (Å²) in [7, 11) is 0. The van der Waals surface area contributed by atoms with E-state index in [0.29, 0.717) is 12.8 Å². The zero-order valence-corrected chi connectivity index (χ0v) is 22.0. The van der Waals surface area contributed by atoms with Gasteiger partial charge in [0.05, 0.1) is 36.4 Å². The van der Waals surface area contributed by atoms with E-state index in [9.17, 15) is 25.2 Å². The van der Waals surface area contributed by atoms with Gasteiger partial charge < -0.3 is 73.4 Å². The lowest BCUT2D eigenvalue weighted by Crippen LogP contribution is -2.68. The molecule has 15 N–H and O–H groups in total. The molecule has 6 unspecified atom stereocenters. The first-order chi connectivity index (χ1) is 17.8. The molecule has 0 aromatic rings. The molecule has 2 aliphatic heterocycles. The molecule has 3 fully saturated rings. The Balaban J connectivity index is 1.81. The van der Waals surface area contributed by atoms with Crippen LogP contribution >= 0.6 is 0 Å². The second-order valence-corrected chi connectivity index (χ2v) is 11.0. The molecule has 0 spiro atoms. The van der Waals surface area contributed by atoms with Crippen molar-refractivity contribution in [1.82, 2.24) is 5.32 Å². The summed E-state index contributed by atoms with van der Waals surface area (Å²) in [5.74, 6) is -1.46. The smallest absolute Gasteiger partial charge is 0.250 e. The Hall–Kier alpha value is -1.05. The molecule has 0 bridgehead atoms. The number of nitrogens with two attached hydrogens (primary N) is 5. The van der Waals surface area contributed by atoms with E-state index >= 15 is 0 Å². The van der Waals surface area contributed by atoms with Gasteiger partial charge >= 0.3 is 0 Å². The van der Waals surface area contributed by atoms with E-state index in [1.54, 1.807) is 6.92 Å². The third kappa shape index (κ3) is 6.98. The summed E-state index contributed by atoms with van der Waals surface area (Å²) >= 11 is 0. The first-order valence-electron chi connectivity index (χ1n) is 13.1. The maximum atomic E-state index is 12.7. The van der Waals surface area contributed by atoms with E-state index in [1.165, 1.54) is 6.92 Å². The lowest BCUT2D eigenvalue weighted by molar-refractivity contribution is -0.313. The van der Waals surface area contributed by atoms with Crippen LogP contribution in [0.15, 0.2) is 0 Å². The summed E-state index contributed by atoms with van der Waals surface area (Å²) in [6.07, 6.45) is -7.60. The maximum Gasteiger partial charge on any atom is 0.250 e. The zero-order chi connectivity index (χ0) is 28.4. The van der Waals surface area contributed by atoms with Crippen LogP contribution in [0.1, 0.15) is 33.1 Å². The summed E-state index contributed by atoms with van der Waals surface area (Å²) in [4.78, 5) is 12.7. The van der Waals surface area contributed by atoms with Gasteiger partial charge in [0.1, 0.15) is 30.5 Å². The number of hydrogen-bond donors (Lipinski definition) is 10. The van der Waals surface area contributed by atoms with E-state index in [1.807, 2.05) is 0 Å². The van der Waals surface area contributed by atoms with Gasteiger partial charge in [0, 0.05) is 25.0 Å². The van der Waals surface area contributed by atoms with Crippen molar-refractivity contribution < 1.29 is 44.2 Å². The van der Waals surface area contributed by atoms with Crippen molar-refractivity contribution in [1.29, 1.82) is 0 Å². The molecule has 14 atom stereocenters. The minimum absolute atomic E-state index is 0.0566. The Bertz CT molecular complexity index is 782. The van der Waals surface area contributed by atoms with Crippen LogP contribution in [-0.2, 0) is 23.7 Å². The van der Waals surface area contributed by atoms with Gasteiger partial charge in [0.25, 0.3) is 5.91 Å². The molecule has 1 aliphatic carbocycles. The third-order valence-electron chi connectivity index (χ3n) is 7.95. The summed E-state index contributed by atoms with van der Waals surface area (Å²) < 4.78 is 23.5. The SMILES string of the molecule is C[C@@H]1C(O)[C@@H](OC2C(O)C(O[C@H]3O[C@H](CN)CCC3N)[C@@H](N)C[C@H]2NC(=O)[C@@H](O)[C@H](N)CN)OCC1(C)O. The standard InChI is InChI=1S/C23H46N6O9/c1-9-15(30)22(35-8-23(9,2)34)38-19-14(29-20(33)16(31)13(28)7-25)5-12(27)18(17(19)32)37-21-11(26)4-3-10(6-24)36-21/h9-19,21-22,30-32,34H,3-8,24-28H2,1-2H3,(H,29,33)/t9-,10+,11?,12+,13-,14-,15?,16+,17?,18?,19?,21-,22-,23?/m1/s1. The molecule has 3 aliphatic rings. The Labute approximate surface area is 222 Å². The number of rotatable bonds is 9. The van der Waals surface area contributed by atoms with Crippen LogP contribution in [0.2, 0.25) is 0 Å². The van der Waals surface area contributed by atoms with Crippen molar-refractivity contribution in [2.45, 2.75) is 112 Å². The average Bonchev–Trinajstić information content (AvgIpc) is 2.88. The van der Waals surface area contributed by atoms with E-state index in [2.05, 4.69) is 5.32 Å². The number of nitrogens with one attached hydrogen (secondary N) is 1. The topological polar surface area (TPSA) is 277 Å². The second-order valence-electron chi connectivity index (χ2n) is 11.0. The van der Waals surface area contributed by atoms with E-state index < -0.39 is 84.7 Å². The highest BCUT2D eigenvalue weighted by Gasteiger charge is 2.51. The lowest BCUT2D eigenvalue weighted by atomic mass is 9.82. The molecule has 15 nitrogen and oxygen atoms in total. The van der Waals surface area contributed by atoms with Crippen LogP contribution < -0.4 is 34.0 Å². The van der Waals surface area contributed by atoms with E-state index in [-0.39, 0.29) is 32.2 Å². The summed E-state index contributed by atoms with van der Waals surface area (Å²) in [6.45, 7) is 3.18. The second kappa shape index (κ2) is 13.1. The van der Waals surface area contributed by atoms with Gasteiger partial charge in [0.15, 0.2) is 12.6 Å². The molecule has 2 heterocycles. The van der Waals surface area contributed by atoms with E-state index in [0.717, 1.165) is 0 Å². The summed E-state index contributed by atoms with van der Waals surface area (Å²) in [5, 5.41) is 45.5. The highest BCUT2D eigenvalue weighted by atomic mass is 16.7. The summed E-state index contributed by atoms with van der Waals surface area (Å²) in [6, 6.07) is -3.23. The minimum atomic E-state index is -1.61. The van der Waals surface area contributed by atoms with Crippen molar-refractivity contribution in [3.05, 3.63) is 0 Å². The fourth-order valence-corrected chi connectivity index (χ4v) is 5.02. The fourth-order valence-electron chi connectivity index (χ4n) is 5.02. The van der Waals surface area contributed by atoms with Gasteiger partial charge in [-0.3, -0.25) is 4.79 Å². The van der Waals surface area contributed by atoms with Gasteiger partial charge in [0.2, 0.25) is 0 Å². The van der Waals surface area contributed by atoms with Crippen LogP contribution in [-0.4, -0.2) is 125 Å². The predicted molar refractivity (Wildman–Crippen MR) is 134 cm³/mol. The van der Waals surface area contributed by atoms with E-state index in [4.69, 9.17) is 47.6 Å². The first-order valence-corrected chi connectivity index (χ1v) is 13.1. The van der Waals surface area contributed by atoms with Crippen molar-refractivity contribution in [2.24, 2.45) is 34.6 Å². The fraction of sp³-hybridized carbons (Fsp3) is 0.957. The minimum Gasteiger partial charge on any atom is -0.388 e. The van der Waals surface area contributed by atoms with Crippen LogP contribution in [0.5, 0.6) is 0 Å². The molecule has 2 saturated heterocycles. The molecule has 3 rings (SSSR count). The number of amides is 1. The number of hydrogen-bond acceptors (Lipinski definition) is 14. The molecule has 1 amide bonds. The average molecular weight is 551 g/mol. The normalized spacial score (nSPS) is 45.8. The highest BCUT2D eigenvalue weighted by molar-refractivity contribution is 5.81. The molecular formula is C23H46N6O9. The van der Waals surface area contributed by atoms with Crippen molar-refractivity contribution in [3.63, 3.8) is 0 Å². The van der Waals surface area contributed by atoms with Crippen molar-refractivity contribution in [2.75, 3.05) is 19.7 Å². The number of carbonyl (C=O) groups is 1. The lowest BCUT2D eigenvalue weighted by Gasteiger charge is -2.48. The van der Waals surface area contributed by atoms with Gasteiger partial charge in [-0.25, -0.2) is 0 Å². The van der Waals surface area contributed by atoms with Crippen molar-refractivity contribution in [3.8, 4) is 0 Å². The maximum absolute atomic E-state index is 12.7. The Morgan fingerprint density at radius 3 is 2.39 bits per heavy atom. The Morgan fingerprint density at radius 1 is 1.11 bits per heavy atom. The quantitative estimate of drug-likeness (QED) is 0.129. The molecule has 0 radical (unpaired) electrons.